The summed E-state index contributed by atoms with van der Waals surface area (Å²) in [4.78, 5) is 14.7. The van der Waals surface area contributed by atoms with Crippen molar-refractivity contribution in [1.29, 1.82) is 5.39 Å². The number of diazo groups is 1. The first-order chi connectivity index (χ1) is 19.4. The SMILES string of the molecule is COCCOCCOCCOCCOCCOCCOC(=O)CNS(=O)(=O)c1cccc2c(O)c([N+]#N)ccc12. The van der Waals surface area contributed by atoms with Gasteiger partial charge in [-0.2, -0.15) is 4.72 Å². The molecule has 0 aliphatic heterocycles. The van der Waals surface area contributed by atoms with E-state index in [-0.39, 0.29) is 46.9 Å². The monoisotopic (exact) mass is 586 g/mol. The summed E-state index contributed by atoms with van der Waals surface area (Å²) >= 11 is 0. The third kappa shape index (κ3) is 12.1. The third-order valence-corrected chi connectivity index (χ3v) is 6.65. The van der Waals surface area contributed by atoms with Gasteiger partial charge in [-0.1, -0.05) is 12.1 Å². The number of carbonyl (C=O) groups is 1. The molecule has 14 nitrogen and oxygen atoms in total. The second kappa shape index (κ2) is 19.2. The van der Waals surface area contributed by atoms with Crippen LogP contribution in [0.4, 0.5) is 5.69 Å². The van der Waals surface area contributed by atoms with Gasteiger partial charge in [-0.25, -0.2) is 8.42 Å². The molecule has 40 heavy (non-hydrogen) atoms. The van der Waals surface area contributed by atoms with Gasteiger partial charge >= 0.3 is 11.7 Å². The van der Waals surface area contributed by atoms with Gasteiger partial charge in [-0.3, -0.25) is 4.79 Å². The van der Waals surface area contributed by atoms with Crippen molar-refractivity contribution in [2.24, 2.45) is 0 Å². The summed E-state index contributed by atoms with van der Waals surface area (Å²) < 4.78 is 64.2. The molecular formula is C25H36N3O11S+. The van der Waals surface area contributed by atoms with E-state index in [1.165, 1.54) is 30.3 Å². The van der Waals surface area contributed by atoms with Crippen LogP contribution in [0.25, 0.3) is 15.7 Å². The molecule has 0 atom stereocenters. The van der Waals surface area contributed by atoms with Gasteiger partial charge in [0.25, 0.3) is 0 Å². The number of sulfonamides is 1. The van der Waals surface area contributed by atoms with Crippen LogP contribution in [0.2, 0.25) is 0 Å². The number of rotatable bonds is 22. The van der Waals surface area contributed by atoms with E-state index in [0.29, 0.717) is 59.5 Å². The fourth-order valence-corrected chi connectivity index (χ4v) is 4.43. The zero-order chi connectivity index (χ0) is 29.1. The van der Waals surface area contributed by atoms with E-state index < -0.39 is 22.5 Å². The molecule has 0 amide bonds. The van der Waals surface area contributed by atoms with Crippen LogP contribution in [0.3, 0.4) is 0 Å². The number of nitrogens with one attached hydrogen (secondary N) is 1. The Labute approximate surface area is 233 Å². The van der Waals surface area contributed by atoms with Crippen LogP contribution in [0, 0.1) is 5.39 Å². The summed E-state index contributed by atoms with van der Waals surface area (Å²) in [6.07, 6.45) is 0. The highest BCUT2D eigenvalue weighted by atomic mass is 32.2. The number of phenolic OH excluding ortho intramolecular Hbond substituents is 1. The van der Waals surface area contributed by atoms with Crippen LogP contribution in [0.1, 0.15) is 0 Å². The van der Waals surface area contributed by atoms with Crippen LogP contribution in [0.15, 0.2) is 35.2 Å². The van der Waals surface area contributed by atoms with Gasteiger partial charge in [-0.05, 0) is 12.1 Å². The Morgan fingerprint density at radius 1 is 0.800 bits per heavy atom. The average molecular weight is 587 g/mol. The summed E-state index contributed by atoms with van der Waals surface area (Å²) in [7, 11) is -2.49. The Bertz CT molecular complexity index is 1190. The number of hydrogen-bond acceptors (Lipinski definition) is 12. The lowest BCUT2D eigenvalue weighted by Gasteiger charge is -2.10. The van der Waals surface area contributed by atoms with Crippen molar-refractivity contribution in [2.45, 2.75) is 4.90 Å². The largest absolute Gasteiger partial charge is 0.501 e. The van der Waals surface area contributed by atoms with Gasteiger partial charge in [0.15, 0.2) is 4.98 Å². The second-order valence-electron chi connectivity index (χ2n) is 7.98. The Morgan fingerprint density at radius 2 is 1.32 bits per heavy atom. The third-order valence-electron chi connectivity index (χ3n) is 5.19. The van der Waals surface area contributed by atoms with E-state index in [2.05, 4.69) is 9.70 Å². The van der Waals surface area contributed by atoms with Crippen LogP contribution in [-0.2, 0) is 48.0 Å². The molecule has 2 aromatic rings. The molecule has 0 spiro atoms. The molecule has 2 aromatic carbocycles. The number of carbonyl (C=O) groups excluding carboxylic acids is 1. The molecule has 222 valence electrons. The van der Waals surface area contributed by atoms with Crippen molar-refractivity contribution in [2.75, 3.05) is 92.9 Å². The minimum absolute atomic E-state index is 0.0589. The summed E-state index contributed by atoms with van der Waals surface area (Å²) in [6, 6.07) is 6.89. The normalized spacial score (nSPS) is 11.5. The number of aromatic hydroxyl groups is 1. The molecular weight excluding hydrogens is 550 g/mol. The van der Waals surface area contributed by atoms with Gasteiger partial charge in [-0.15, -0.1) is 0 Å². The zero-order valence-electron chi connectivity index (χ0n) is 22.4. The number of benzene rings is 2. The molecule has 0 aliphatic carbocycles. The second-order valence-corrected chi connectivity index (χ2v) is 9.72. The first kappa shape index (κ1) is 33.3. The average Bonchev–Trinajstić information content (AvgIpc) is 2.95. The van der Waals surface area contributed by atoms with E-state index in [9.17, 15) is 18.3 Å². The number of fused-ring (bicyclic) bond motifs is 1. The smallest absolute Gasteiger partial charge is 0.426 e. The van der Waals surface area contributed by atoms with Crippen molar-refractivity contribution in [3.05, 3.63) is 35.3 Å². The minimum atomic E-state index is -4.11. The highest BCUT2D eigenvalue weighted by Gasteiger charge is 2.23. The Morgan fingerprint density at radius 3 is 1.85 bits per heavy atom. The first-order valence-corrected chi connectivity index (χ1v) is 14.0. The molecule has 0 unspecified atom stereocenters. The lowest BCUT2D eigenvalue weighted by Crippen LogP contribution is -2.31. The molecule has 0 saturated heterocycles. The number of ether oxygens (including phenoxy) is 7. The maximum Gasteiger partial charge on any atom is 0.426 e. The molecule has 0 radical (unpaired) electrons. The van der Waals surface area contributed by atoms with Crippen molar-refractivity contribution in [1.82, 2.24) is 4.72 Å². The van der Waals surface area contributed by atoms with E-state index in [4.69, 9.17) is 38.6 Å². The summed E-state index contributed by atoms with van der Waals surface area (Å²) in [5.74, 6) is -1.15. The van der Waals surface area contributed by atoms with E-state index >= 15 is 0 Å². The highest BCUT2D eigenvalue weighted by Crippen LogP contribution is 2.36. The summed E-state index contributed by atoms with van der Waals surface area (Å²) in [5, 5.41) is 19.5. The lowest BCUT2D eigenvalue weighted by atomic mass is 10.1. The molecule has 0 aliphatic rings. The molecule has 2 N–H and O–H groups in total. The van der Waals surface area contributed by atoms with Crippen molar-refractivity contribution >= 4 is 32.5 Å². The molecule has 0 heterocycles. The number of hydrogen-bond donors (Lipinski definition) is 2. The predicted molar refractivity (Wildman–Crippen MR) is 142 cm³/mol. The van der Waals surface area contributed by atoms with Crippen molar-refractivity contribution in [3.8, 4) is 5.75 Å². The molecule has 0 aromatic heterocycles. The minimum Gasteiger partial charge on any atom is -0.501 e. The molecule has 0 fully saturated rings. The van der Waals surface area contributed by atoms with Gasteiger partial charge in [0.05, 0.1) is 77.6 Å². The van der Waals surface area contributed by atoms with E-state index in [0.717, 1.165) is 0 Å². The van der Waals surface area contributed by atoms with E-state index in [1.807, 2.05) is 0 Å². The molecule has 0 saturated carbocycles. The molecule has 2 rings (SSSR count). The highest BCUT2D eigenvalue weighted by molar-refractivity contribution is 7.89. The van der Waals surface area contributed by atoms with Gasteiger partial charge < -0.3 is 38.3 Å². The maximum absolute atomic E-state index is 12.7. The predicted octanol–water partition coefficient (Wildman–Crippen LogP) is 1.58. The van der Waals surface area contributed by atoms with Gasteiger partial charge in [0, 0.05) is 23.9 Å². The van der Waals surface area contributed by atoms with Crippen LogP contribution < -0.4 is 4.72 Å². The Hall–Kier alpha value is -2.94. The van der Waals surface area contributed by atoms with Crippen molar-refractivity contribution in [3.63, 3.8) is 0 Å². The molecule has 15 heteroatoms. The molecule has 0 bridgehead atoms. The number of nitrogens with zero attached hydrogens (tertiary/aromatic N) is 2. The zero-order valence-corrected chi connectivity index (χ0v) is 23.2. The number of phenols is 1. The fourth-order valence-electron chi connectivity index (χ4n) is 3.24. The van der Waals surface area contributed by atoms with Crippen LogP contribution in [-0.4, -0.2) is 112 Å². The quantitative estimate of drug-likeness (QED) is 0.116. The summed E-state index contributed by atoms with van der Waals surface area (Å²) in [6.45, 7) is 3.92. The van der Waals surface area contributed by atoms with Gasteiger partial charge in [0.1, 0.15) is 13.2 Å². The Balaban J connectivity index is 1.50. The van der Waals surface area contributed by atoms with E-state index in [1.54, 1.807) is 7.11 Å². The Kier molecular flexibility index (Phi) is 16.0. The number of methoxy groups -OCH3 is 1. The standard InChI is InChI=1S/C25H35N3O11S/c1-33-7-8-34-9-10-35-11-12-36-13-14-37-15-16-38-17-18-39-24(29)19-27-40(31,32)23-4-2-3-21-20(23)5-6-22(28-26)25(21)30/h2-6,27H,7-19H2,1H3/p+1. The number of esters is 1. The summed E-state index contributed by atoms with van der Waals surface area (Å²) in [5.41, 5.74) is -0.102. The lowest BCUT2D eigenvalue weighted by molar-refractivity contribution is -0.143. The van der Waals surface area contributed by atoms with Crippen molar-refractivity contribution < 1.29 is 51.5 Å². The van der Waals surface area contributed by atoms with Crippen LogP contribution >= 0.6 is 0 Å². The topological polar surface area (TPSA) is 176 Å². The first-order valence-electron chi connectivity index (χ1n) is 12.5. The maximum atomic E-state index is 12.7. The van der Waals surface area contributed by atoms with Crippen LogP contribution in [0.5, 0.6) is 5.75 Å². The fraction of sp³-hybridized carbons (Fsp3) is 0.560. The van der Waals surface area contributed by atoms with Gasteiger partial charge in [0.2, 0.25) is 21.2 Å².